The number of halogens is 1. The molecule has 0 radical (unpaired) electrons. The van der Waals surface area contributed by atoms with E-state index >= 15 is 0 Å². The monoisotopic (exact) mass is 402 g/mol. The number of hydrogen-bond donors (Lipinski definition) is 1. The van der Waals surface area contributed by atoms with Crippen LogP contribution in [0, 0.1) is 5.92 Å². The molecule has 3 aromatic rings. The van der Waals surface area contributed by atoms with Crippen LogP contribution in [0.1, 0.15) is 48.1 Å². The van der Waals surface area contributed by atoms with Crippen molar-refractivity contribution in [3.63, 3.8) is 0 Å². The molecule has 0 bridgehead atoms. The first kappa shape index (κ1) is 18.6. The van der Waals surface area contributed by atoms with E-state index in [4.69, 9.17) is 16.6 Å². The van der Waals surface area contributed by atoms with Crippen LogP contribution in [0.25, 0.3) is 10.2 Å². The molecule has 27 heavy (non-hydrogen) atoms. The highest BCUT2D eigenvalue weighted by molar-refractivity contribution is 7.18. The van der Waals surface area contributed by atoms with Crippen LogP contribution in [0.4, 0.5) is 0 Å². The highest BCUT2D eigenvalue weighted by atomic mass is 35.5. The lowest BCUT2D eigenvalue weighted by Gasteiger charge is -2.23. The third kappa shape index (κ3) is 3.66. The van der Waals surface area contributed by atoms with E-state index in [9.17, 15) is 4.79 Å². The molecule has 7 heteroatoms. The van der Waals surface area contributed by atoms with Crippen molar-refractivity contribution in [2.24, 2.45) is 5.92 Å². The van der Waals surface area contributed by atoms with Gasteiger partial charge in [0, 0.05) is 17.6 Å². The van der Waals surface area contributed by atoms with E-state index in [1.807, 2.05) is 13.1 Å². The van der Waals surface area contributed by atoms with E-state index in [0.29, 0.717) is 23.4 Å². The normalized spacial score (nSPS) is 18.0. The quantitative estimate of drug-likeness (QED) is 0.659. The SMILES string of the molecule is C[C@H]1CCc2c(sc3nc([C@@H](C)N(C)Cc4ccc(Cl)nc4)[nH]c(=O)c23)C1. The second-order valence-electron chi connectivity index (χ2n) is 7.56. The molecule has 1 N–H and O–H groups in total. The van der Waals surface area contributed by atoms with Crippen LogP contribution in [-0.4, -0.2) is 26.9 Å². The van der Waals surface area contributed by atoms with Gasteiger partial charge in [-0.25, -0.2) is 9.97 Å². The molecule has 142 valence electrons. The number of pyridine rings is 1. The minimum atomic E-state index is -0.0178. The molecule has 5 nitrogen and oxygen atoms in total. The van der Waals surface area contributed by atoms with Gasteiger partial charge in [0.25, 0.3) is 5.56 Å². The van der Waals surface area contributed by atoms with Crippen molar-refractivity contribution < 1.29 is 0 Å². The molecule has 1 aliphatic rings. The summed E-state index contributed by atoms with van der Waals surface area (Å²) in [5, 5.41) is 1.30. The van der Waals surface area contributed by atoms with E-state index in [1.54, 1.807) is 23.6 Å². The summed E-state index contributed by atoms with van der Waals surface area (Å²) in [7, 11) is 2.02. The highest BCUT2D eigenvalue weighted by Crippen LogP contribution is 2.36. The Hall–Kier alpha value is -1.76. The molecule has 0 unspecified atom stereocenters. The number of fused-ring (bicyclic) bond motifs is 3. The first-order valence-electron chi connectivity index (χ1n) is 9.27. The van der Waals surface area contributed by atoms with Gasteiger partial charge in [-0.15, -0.1) is 11.3 Å². The van der Waals surface area contributed by atoms with Crippen LogP contribution in [0.5, 0.6) is 0 Å². The Morgan fingerprint density at radius 2 is 2.26 bits per heavy atom. The highest BCUT2D eigenvalue weighted by Gasteiger charge is 2.24. The lowest BCUT2D eigenvalue weighted by atomic mass is 9.89. The molecule has 0 aliphatic heterocycles. The summed E-state index contributed by atoms with van der Waals surface area (Å²) in [6, 6.07) is 3.74. The van der Waals surface area contributed by atoms with E-state index in [-0.39, 0.29) is 11.6 Å². The van der Waals surface area contributed by atoms with Crippen molar-refractivity contribution in [1.29, 1.82) is 0 Å². The standard InChI is InChI=1S/C20H23ClN4OS/c1-11-4-6-14-15(8-11)27-20-17(14)19(26)23-18(24-20)12(2)25(3)10-13-5-7-16(21)22-9-13/h5,7,9,11-12H,4,6,8,10H2,1-3H3,(H,23,24,26)/t11-,12+/m0/s1. The second-order valence-corrected chi connectivity index (χ2v) is 9.03. The van der Waals surface area contributed by atoms with E-state index < -0.39 is 0 Å². The summed E-state index contributed by atoms with van der Waals surface area (Å²) in [5.41, 5.74) is 2.29. The van der Waals surface area contributed by atoms with Crippen molar-refractivity contribution in [3.05, 3.63) is 55.7 Å². The molecule has 2 atom stereocenters. The summed E-state index contributed by atoms with van der Waals surface area (Å²) < 4.78 is 0. The molecule has 3 aromatic heterocycles. The number of aromatic nitrogens is 3. The zero-order chi connectivity index (χ0) is 19.1. The maximum atomic E-state index is 12.8. The first-order valence-corrected chi connectivity index (χ1v) is 10.5. The number of H-pyrrole nitrogens is 1. The Bertz CT molecular complexity index is 1030. The molecule has 0 amide bonds. The van der Waals surface area contributed by atoms with Crippen molar-refractivity contribution >= 4 is 33.2 Å². The zero-order valence-electron chi connectivity index (χ0n) is 15.8. The predicted octanol–water partition coefficient (Wildman–Crippen LogP) is 4.35. The van der Waals surface area contributed by atoms with Gasteiger partial charge >= 0.3 is 0 Å². The molecule has 0 saturated carbocycles. The van der Waals surface area contributed by atoms with Crippen LogP contribution in [0.3, 0.4) is 0 Å². The molecule has 0 aromatic carbocycles. The van der Waals surface area contributed by atoms with Crippen LogP contribution >= 0.6 is 22.9 Å². The molecule has 0 spiro atoms. The van der Waals surface area contributed by atoms with Gasteiger partial charge in [0.2, 0.25) is 0 Å². The van der Waals surface area contributed by atoms with E-state index in [1.165, 1.54) is 10.4 Å². The van der Waals surface area contributed by atoms with Gasteiger partial charge in [-0.2, -0.15) is 0 Å². The Morgan fingerprint density at radius 3 is 3.00 bits per heavy atom. The maximum Gasteiger partial charge on any atom is 0.259 e. The van der Waals surface area contributed by atoms with Gasteiger partial charge in [0.15, 0.2) is 0 Å². The van der Waals surface area contributed by atoms with Crippen LogP contribution < -0.4 is 5.56 Å². The average Bonchev–Trinajstić information content (AvgIpc) is 3.00. The van der Waals surface area contributed by atoms with E-state index in [2.05, 4.69) is 28.7 Å². The second kappa shape index (κ2) is 7.34. The summed E-state index contributed by atoms with van der Waals surface area (Å²) >= 11 is 7.55. The molecule has 3 heterocycles. The van der Waals surface area contributed by atoms with Crippen molar-refractivity contribution in [3.8, 4) is 0 Å². The largest absolute Gasteiger partial charge is 0.309 e. The first-order chi connectivity index (χ1) is 12.9. The van der Waals surface area contributed by atoms with Crippen molar-refractivity contribution in [2.75, 3.05) is 7.05 Å². The third-order valence-corrected chi connectivity index (χ3v) is 6.83. The lowest BCUT2D eigenvalue weighted by molar-refractivity contribution is 0.243. The number of thiophene rings is 1. The minimum absolute atomic E-state index is 0.00420. The Morgan fingerprint density at radius 1 is 1.44 bits per heavy atom. The average molecular weight is 403 g/mol. The lowest BCUT2D eigenvalue weighted by Crippen LogP contribution is -2.26. The number of rotatable bonds is 4. The molecule has 0 fully saturated rings. The fraction of sp³-hybridized carbons (Fsp3) is 0.450. The van der Waals surface area contributed by atoms with Gasteiger partial charge in [-0.3, -0.25) is 9.69 Å². The van der Waals surface area contributed by atoms with Gasteiger partial charge in [-0.05, 0) is 56.3 Å². The Labute approximate surface area is 167 Å². The zero-order valence-corrected chi connectivity index (χ0v) is 17.3. The van der Waals surface area contributed by atoms with Crippen LogP contribution in [0.2, 0.25) is 5.15 Å². The smallest absolute Gasteiger partial charge is 0.259 e. The summed E-state index contributed by atoms with van der Waals surface area (Å²) in [4.78, 5) is 29.2. The predicted molar refractivity (Wildman–Crippen MR) is 111 cm³/mol. The molecule has 4 rings (SSSR count). The number of nitrogens with one attached hydrogen (secondary N) is 1. The van der Waals surface area contributed by atoms with E-state index in [0.717, 1.165) is 35.0 Å². The van der Waals surface area contributed by atoms with Crippen LogP contribution in [-0.2, 0) is 19.4 Å². The van der Waals surface area contributed by atoms with Crippen molar-refractivity contribution in [2.45, 2.75) is 45.7 Å². The fourth-order valence-corrected chi connectivity index (χ4v) is 5.20. The molecular weight excluding hydrogens is 380 g/mol. The number of aryl methyl sites for hydroxylation is 1. The summed E-state index contributed by atoms with van der Waals surface area (Å²) in [5.74, 6) is 1.39. The van der Waals surface area contributed by atoms with Gasteiger partial charge in [0.1, 0.15) is 15.8 Å². The van der Waals surface area contributed by atoms with Gasteiger partial charge < -0.3 is 4.98 Å². The third-order valence-electron chi connectivity index (χ3n) is 5.46. The Kier molecular flexibility index (Phi) is 5.05. The number of hydrogen-bond acceptors (Lipinski definition) is 5. The summed E-state index contributed by atoms with van der Waals surface area (Å²) in [6.45, 7) is 5.04. The topological polar surface area (TPSA) is 61.9 Å². The fourth-order valence-electron chi connectivity index (χ4n) is 3.70. The molecule has 0 saturated heterocycles. The maximum absolute atomic E-state index is 12.8. The molecular formula is C20H23ClN4OS. The number of nitrogens with zero attached hydrogens (tertiary/aromatic N) is 3. The van der Waals surface area contributed by atoms with Crippen LogP contribution in [0.15, 0.2) is 23.1 Å². The van der Waals surface area contributed by atoms with Gasteiger partial charge in [-0.1, -0.05) is 24.6 Å². The van der Waals surface area contributed by atoms with Crippen molar-refractivity contribution in [1.82, 2.24) is 19.9 Å². The number of aromatic amines is 1. The molecule has 1 aliphatic carbocycles. The minimum Gasteiger partial charge on any atom is -0.309 e. The summed E-state index contributed by atoms with van der Waals surface area (Å²) in [6.07, 6.45) is 4.97. The Balaban J connectivity index is 1.63. The van der Waals surface area contributed by atoms with Gasteiger partial charge in [0.05, 0.1) is 11.4 Å².